The predicted molar refractivity (Wildman–Crippen MR) is 77.8 cm³/mol. The van der Waals surface area contributed by atoms with Crippen molar-refractivity contribution in [2.75, 3.05) is 18.5 Å². The number of halogens is 1. The SMILES string of the molecule is OCCOc1ccc(NCc2cccc(Cl)c2)cc1. The summed E-state index contributed by atoms with van der Waals surface area (Å²) in [7, 11) is 0. The third kappa shape index (κ3) is 4.47. The molecule has 2 rings (SSSR count). The molecular formula is C15H16ClNO2. The Morgan fingerprint density at radius 2 is 1.89 bits per heavy atom. The minimum atomic E-state index is 0.0226. The van der Waals surface area contributed by atoms with Gasteiger partial charge in [-0.25, -0.2) is 0 Å². The highest BCUT2D eigenvalue weighted by atomic mass is 35.5. The maximum Gasteiger partial charge on any atom is 0.119 e. The van der Waals surface area contributed by atoms with Gasteiger partial charge in [0.2, 0.25) is 0 Å². The fraction of sp³-hybridized carbons (Fsp3) is 0.200. The molecule has 0 radical (unpaired) electrons. The molecule has 2 aromatic carbocycles. The van der Waals surface area contributed by atoms with Gasteiger partial charge in [0.25, 0.3) is 0 Å². The van der Waals surface area contributed by atoms with E-state index in [0.717, 1.165) is 28.6 Å². The fourth-order valence-corrected chi connectivity index (χ4v) is 1.90. The summed E-state index contributed by atoms with van der Waals surface area (Å²) in [5, 5.41) is 12.7. The van der Waals surface area contributed by atoms with E-state index in [4.69, 9.17) is 21.4 Å². The van der Waals surface area contributed by atoms with Gasteiger partial charge in [0, 0.05) is 17.3 Å². The summed E-state index contributed by atoms with van der Waals surface area (Å²) in [6.07, 6.45) is 0. The lowest BCUT2D eigenvalue weighted by molar-refractivity contribution is 0.201. The first-order valence-electron chi connectivity index (χ1n) is 6.10. The van der Waals surface area contributed by atoms with E-state index in [-0.39, 0.29) is 6.61 Å². The largest absolute Gasteiger partial charge is 0.491 e. The normalized spacial score (nSPS) is 10.2. The van der Waals surface area contributed by atoms with Gasteiger partial charge in [-0.1, -0.05) is 23.7 Å². The Kier molecular flexibility index (Phi) is 5.07. The van der Waals surface area contributed by atoms with Crippen LogP contribution < -0.4 is 10.1 Å². The maximum absolute atomic E-state index is 8.67. The Bertz CT molecular complexity index is 514. The predicted octanol–water partition coefficient (Wildman–Crippen LogP) is 3.32. The molecule has 2 aromatic rings. The first-order valence-corrected chi connectivity index (χ1v) is 6.48. The van der Waals surface area contributed by atoms with E-state index in [1.807, 2.05) is 48.5 Å². The highest BCUT2D eigenvalue weighted by molar-refractivity contribution is 6.30. The van der Waals surface area contributed by atoms with Gasteiger partial charge in [-0.3, -0.25) is 0 Å². The second-order valence-electron chi connectivity index (χ2n) is 4.08. The first-order chi connectivity index (χ1) is 9.28. The van der Waals surface area contributed by atoms with Crippen LogP contribution in [-0.4, -0.2) is 18.3 Å². The van der Waals surface area contributed by atoms with Gasteiger partial charge in [-0.15, -0.1) is 0 Å². The zero-order valence-corrected chi connectivity index (χ0v) is 11.2. The van der Waals surface area contributed by atoms with Gasteiger partial charge < -0.3 is 15.2 Å². The number of rotatable bonds is 6. The molecule has 0 aromatic heterocycles. The number of hydrogen-bond donors (Lipinski definition) is 2. The molecule has 4 heteroatoms. The van der Waals surface area contributed by atoms with Gasteiger partial charge in [-0.2, -0.15) is 0 Å². The van der Waals surface area contributed by atoms with Crippen LogP contribution in [0.3, 0.4) is 0 Å². The number of aliphatic hydroxyl groups excluding tert-OH is 1. The van der Waals surface area contributed by atoms with E-state index in [1.165, 1.54) is 0 Å². The van der Waals surface area contributed by atoms with Crippen LogP contribution in [0.1, 0.15) is 5.56 Å². The van der Waals surface area contributed by atoms with Gasteiger partial charge >= 0.3 is 0 Å². The molecule has 0 bridgehead atoms. The van der Waals surface area contributed by atoms with Gasteiger partial charge in [0.15, 0.2) is 0 Å². The van der Waals surface area contributed by atoms with Crippen LogP contribution in [-0.2, 0) is 6.54 Å². The Labute approximate surface area is 117 Å². The molecule has 0 fully saturated rings. The Hall–Kier alpha value is -1.71. The molecule has 0 aliphatic heterocycles. The van der Waals surface area contributed by atoms with Crippen molar-refractivity contribution >= 4 is 17.3 Å². The van der Waals surface area contributed by atoms with Crippen LogP contribution in [0.25, 0.3) is 0 Å². The second-order valence-corrected chi connectivity index (χ2v) is 4.52. The van der Waals surface area contributed by atoms with Gasteiger partial charge in [0.1, 0.15) is 12.4 Å². The monoisotopic (exact) mass is 277 g/mol. The highest BCUT2D eigenvalue weighted by Crippen LogP contribution is 2.17. The number of hydrogen-bond acceptors (Lipinski definition) is 3. The number of nitrogens with one attached hydrogen (secondary N) is 1. The summed E-state index contributed by atoms with van der Waals surface area (Å²) in [5.41, 5.74) is 2.14. The van der Waals surface area contributed by atoms with Crippen molar-refractivity contribution < 1.29 is 9.84 Å². The molecule has 0 unspecified atom stereocenters. The average molecular weight is 278 g/mol. The summed E-state index contributed by atoms with van der Waals surface area (Å²) in [5.74, 6) is 0.752. The van der Waals surface area contributed by atoms with Crippen LogP contribution in [0.4, 0.5) is 5.69 Å². The molecule has 0 spiro atoms. The highest BCUT2D eigenvalue weighted by Gasteiger charge is 1.97. The van der Waals surface area contributed by atoms with E-state index in [9.17, 15) is 0 Å². The Morgan fingerprint density at radius 1 is 1.11 bits per heavy atom. The molecule has 0 heterocycles. The molecule has 0 atom stereocenters. The van der Waals surface area contributed by atoms with E-state index >= 15 is 0 Å². The Morgan fingerprint density at radius 3 is 2.58 bits per heavy atom. The molecule has 0 aliphatic rings. The van der Waals surface area contributed by atoms with Crippen LogP contribution in [0.2, 0.25) is 5.02 Å². The quantitative estimate of drug-likeness (QED) is 0.851. The van der Waals surface area contributed by atoms with Crippen molar-refractivity contribution in [3.8, 4) is 5.75 Å². The van der Waals surface area contributed by atoms with Crippen LogP contribution in [0.5, 0.6) is 5.75 Å². The van der Waals surface area contributed by atoms with Crippen molar-refractivity contribution in [2.45, 2.75) is 6.54 Å². The number of anilines is 1. The molecule has 0 aliphatic carbocycles. The maximum atomic E-state index is 8.67. The van der Waals surface area contributed by atoms with Gasteiger partial charge in [0.05, 0.1) is 6.61 Å². The smallest absolute Gasteiger partial charge is 0.119 e. The lowest BCUT2D eigenvalue weighted by Crippen LogP contribution is -2.02. The number of aliphatic hydroxyl groups is 1. The lowest BCUT2D eigenvalue weighted by Gasteiger charge is -2.08. The van der Waals surface area contributed by atoms with Crippen LogP contribution >= 0.6 is 11.6 Å². The average Bonchev–Trinajstić information content (AvgIpc) is 2.44. The molecule has 0 saturated carbocycles. The summed E-state index contributed by atoms with van der Waals surface area (Å²) in [6, 6.07) is 15.4. The lowest BCUT2D eigenvalue weighted by atomic mass is 10.2. The zero-order valence-electron chi connectivity index (χ0n) is 10.5. The van der Waals surface area contributed by atoms with Crippen molar-refractivity contribution in [2.24, 2.45) is 0 Å². The number of benzene rings is 2. The van der Waals surface area contributed by atoms with E-state index < -0.39 is 0 Å². The Balaban J connectivity index is 1.89. The molecule has 19 heavy (non-hydrogen) atoms. The van der Waals surface area contributed by atoms with Crippen molar-refractivity contribution in [3.05, 3.63) is 59.1 Å². The van der Waals surface area contributed by atoms with E-state index in [2.05, 4.69) is 5.32 Å². The minimum Gasteiger partial charge on any atom is -0.491 e. The summed E-state index contributed by atoms with van der Waals surface area (Å²) in [4.78, 5) is 0. The number of ether oxygens (including phenoxy) is 1. The molecule has 3 nitrogen and oxygen atoms in total. The summed E-state index contributed by atoms with van der Waals surface area (Å²) in [6.45, 7) is 1.06. The van der Waals surface area contributed by atoms with Crippen LogP contribution in [0.15, 0.2) is 48.5 Å². The fourth-order valence-electron chi connectivity index (χ4n) is 1.68. The third-order valence-corrected chi connectivity index (χ3v) is 2.84. The van der Waals surface area contributed by atoms with Crippen molar-refractivity contribution in [3.63, 3.8) is 0 Å². The minimum absolute atomic E-state index is 0.0226. The second kappa shape index (κ2) is 7.02. The molecule has 0 saturated heterocycles. The van der Waals surface area contributed by atoms with E-state index in [0.29, 0.717) is 6.61 Å². The van der Waals surface area contributed by atoms with Crippen molar-refractivity contribution in [1.82, 2.24) is 0 Å². The summed E-state index contributed by atoms with van der Waals surface area (Å²) < 4.78 is 5.29. The van der Waals surface area contributed by atoms with Crippen LogP contribution in [0, 0.1) is 0 Å². The summed E-state index contributed by atoms with van der Waals surface area (Å²) >= 11 is 5.93. The topological polar surface area (TPSA) is 41.5 Å². The molecule has 0 amide bonds. The van der Waals surface area contributed by atoms with E-state index in [1.54, 1.807) is 0 Å². The third-order valence-electron chi connectivity index (χ3n) is 2.60. The first kappa shape index (κ1) is 13.7. The molecule has 100 valence electrons. The molecule has 2 N–H and O–H groups in total. The zero-order chi connectivity index (χ0) is 13.5. The van der Waals surface area contributed by atoms with Crippen molar-refractivity contribution in [1.29, 1.82) is 0 Å². The standard InChI is InChI=1S/C15H16ClNO2/c16-13-3-1-2-12(10-13)11-17-14-4-6-15(7-5-14)19-9-8-18/h1-7,10,17-18H,8-9,11H2. The molecular weight excluding hydrogens is 262 g/mol. The van der Waals surface area contributed by atoms with Gasteiger partial charge in [-0.05, 0) is 42.0 Å².